The van der Waals surface area contributed by atoms with E-state index in [2.05, 4.69) is 23.5 Å². The number of nitrogens with zero attached hydrogens (tertiary/aromatic N) is 1. The number of hydrogen-bond donors (Lipinski definition) is 0. The molecular weight excluding hydrogens is 406 g/mol. The van der Waals surface area contributed by atoms with E-state index in [0.717, 1.165) is 23.1 Å². The Hall–Kier alpha value is -2.89. The Morgan fingerprint density at radius 3 is 2.29 bits per heavy atom. The van der Waals surface area contributed by atoms with Crippen molar-refractivity contribution in [3.8, 4) is 0 Å². The first-order valence-electron chi connectivity index (χ1n) is 10.3. The third-order valence-corrected chi connectivity index (χ3v) is 6.04. The normalized spacial score (nSPS) is 12.5. The summed E-state index contributed by atoms with van der Waals surface area (Å²) >= 11 is -1.60. The van der Waals surface area contributed by atoms with E-state index >= 15 is 0 Å². The van der Waals surface area contributed by atoms with Gasteiger partial charge in [-0.05, 0) is 56.0 Å². The summed E-state index contributed by atoms with van der Waals surface area (Å²) in [6.07, 6.45) is 0.801. The highest BCUT2D eigenvalue weighted by molar-refractivity contribution is 7.90. The molecule has 3 rings (SSSR count). The van der Waals surface area contributed by atoms with E-state index in [1.807, 2.05) is 55.5 Å². The van der Waals surface area contributed by atoms with Gasteiger partial charge in [-0.15, -0.1) is 0 Å². The first-order chi connectivity index (χ1) is 15.0. The average Bonchev–Trinajstić information content (AvgIpc) is 2.76. The predicted molar refractivity (Wildman–Crippen MR) is 126 cm³/mol. The van der Waals surface area contributed by atoms with Crippen LogP contribution in [0.25, 0.3) is 0 Å². The molecular formula is C26H27NO3S. The highest BCUT2D eigenvalue weighted by Crippen LogP contribution is 2.19. The molecule has 1 unspecified atom stereocenters. The number of benzene rings is 3. The van der Waals surface area contributed by atoms with Gasteiger partial charge in [0.1, 0.15) is 17.1 Å². The lowest BCUT2D eigenvalue weighted by Gasteiger charge is -2.10. The fraction of sp³-hybridized carbons (Fsp3) is 0.231. The Labute approximate surface area is 187 Å². The van der Waals surface area contributed by atoms with Crippen LogP contribution in [0, 0.1) is 13.8 Å². The summed E-state index contributed by atoms with van der Waals surface area (Å²) < 4.78 is 22.3. The van der Waals surface area contributed by atoms with Gasteiger partial charge in [-0.1, -0.05) is 70.6 Å². The van der Waals surface area contributed by atoms with Gasteiger partial charge in [0.2, 0.25) is 0 Å². The summed E-state index contributed by atoms with van der Waals surface area (Å²) in [6, 6.07) is 23.6. The van der Waals surface area contributed by atoms with Crippen molar-refractivity contribution in [2.75, 3.05) is 6.61 Å². The Balaban J connectivity index is 1.85. The molecule has 0 aliphatic rings. The Morgan fingerprint density at radius 1 is 0.968 bits per heavy atom. The van der Waals surface area contributed by atoms with Crippen molar-refractivity contribution < 1.29 is 14.1 Å². The topological polar surface area (TPSA) is 61.7 Å². The molecule has 0 heterocycles. The van der Waals surface area contributed by atoms with Crippen molar-refractivity contribution in [1.82, 2.24) is 0 Å². The molecule has 160 valence electrons. The number of hydrogen-bond acceptors (Lipinski definition) is 4. The van der Waals surface area contributed by atoms with E-state index in [-0.39, 0.29) is 12.4 Å². The minimum absolute atomic E-state index is 0.0252. The van der Waals surface area contributed by atoms with Gasteiger partial charge in [0, 0.05) is 5.56 Å². The van der Waals surface area contributed by atoms with Crippen LogP contribution in [0.5, 0.6) is 0 Å². The third-order valence-electron chi connectivity index (χ3n) is 4.98. The molecule has 4 nitrogen and oxygen atoms in total. The van der Waals surface area contributed by atoms with E-state index in [1.165, 1.54) is 11.1 Å². The SMILES string of the molecule is CCOC(=O)CC(=N[S+]([O-])c1ccc(C)cc1)c1ccc(Cc2ccccc2C)cc1. The van der Waals surface area contributed by atoms with Crippen LogP contribution in [-0.4, -0.2) is 22.8 Å². The number of esters is 1. The molecule has 0 aromatic heterocycles. The maximum absolute atomic E-state index is 12.8. The maximum Gasteiger partial charge on any atom is 0.312 e. The number of carbonyl (C=O) groups is 1. The van der Waals surface area contributed by atoms with Crippen molar-refractivity contribution >= 4 is 23.0 Å². The molecule has 0 N–H and O–H groups in total. The van der Waals surface area contributed by atoms with E-state index in [4.69, 9.17) is 4.74 Å². The molecule has 5 heteroatoms. The molecule has 0 saturated carbocycles. The van der Waals surface area contributed by atoms with Crippen LogP contribution in [0.1, 0.15) is 41.2 Å². The second-order valence-corrected chi connectivity index (χ2v) is 8.53. The second-order valence-electron chi connectivity index (χ2n) is 7.38. The fourth-order valence-electron chi connectivity index (χ4n) is 3.19. The van der Waals surface area contributed by atoms with E-state index in [1.54, 1.807) is 19.1 Å². The van der Waals surface area contributed by atoms with E-state index < -0.39 is 11.4 Å². The van der Waals surface area contributed by atoms with Crippen molar-refractivity contribution in [2.24, 2.45) is 4.40 Å². The molecule has 0 aliphatic carbocycles. The standard InChI is InChI=1S/C26H27NO3S/c1-4-30-26(28)18-25(27-31(29)24-15-9-19(2)10-16-24)22-13-11-21(12-14-22)17-23-8-6-5-7-20(23)3/h5-16H,4,17-18H2,1-3H3. The number of carbonyl (C=O) groups excluding carboxylic acids is 1. The lowest BCUT2D eigenvalue weighted by molar-refractivity contribution is -0.141. The third kappa shape index (κ3) is 6.54. The minimum Gasteiger partial charge on any atom is -0.586 e. The molecule has 0 radical (unpaired) electrons. The summed E-state index contributed by atoms with van der Waals surface area (Å²) in [4.78, 5) is 12.7. The van der Waals surface area contributed by atoms with E-state index in [0.29, 0.717) is 17.2 Å². The van der Waals surface area contributed by atoms with Crippen LogP contribution in [0.3, 0.4) is 0 Å². The molecule has 0 aliphatic heterocycles. The van der Waals surface area contributed by atoms with Crippen LogP contribution < -0.4 is 0 Å². The quantitative estimate of drug-likeness (QED) is 0.273. The molecule has 0 bridgehead atoms. The highest BCUT2D eigenvalue weighted by Gasteiger charge is 2.18. The fourth-order valence-corrected chi connectivity index (χ4v) is 4.03. The van der Waals surface area contributed by atoms with Crippen LogP contribution in [0.15, 0.2) is 82.1 Å². The summed E-state index contributed by atoms with van der Waals surface area (Å²) in [5.41, 5.74) is 6.00. The first kappa shape index (κ1) is 22.8. The van der Waals surface area contributed by atoms with E-state index in [9.17, 15) is 9.35 Å². The van der Waals surface area contributed by atoms with Gasteiger partial charge in [0.05, 0.1) is 13.0 Å². The summed E-state index contributed by atoms with van der Waals surface area (Å²) in [6.45, 7) is 6.14. The summed E-state index contributed by atoms with van der Waals surface area (Å²) in [5.74, 6) is -0.383. The zero-order valence-electron chi connectivity index (χ0n) is 18.1. The van der Waals surface area contributed by atoms with Gasteiger partial charge < -0.3 is 9.29 Å². The first-order valence-corrected chi connectivity index (χ1v) is 11.4. The Morgan fingerprint density at radius 2 is 1.65 bits per heavy atom. The van der Waals surface area contributed by atoms with Crippen molar-refractivity contribution in [3.63, 3.8) is 0 Å². The smallest absolute Gasteiger partial charge is 0.312 e. The lowest BCUT2D eigenvalue weighted by Crippen LogP contribution is -2.14. The van der Waals surface area contributed by atoms with Gasteiger partial charge in [-0.2, -0.15) is 0 Å². The number of aryl methyl sites for hydroxylation is 2. The van der Waals surface area contributed by atoms with Gasteiger partial charge in [-0.3, -0.25) is 4.79 Å². The minimum atomic E-state index is -1.60. The van der Waals surface area contributed by atoms with Crippen LogP contribution in [-0.2, 0) is 27.3 Å². The van der Waals surface area contributed by atoms with Gasteiger partial charge in [-0.25, -0.2) is 0 Å². The molecule has 0 fully saturated rings. The van der Waals surface area contributed by atoms with Crippen LogP contribution in [0.2, 0.25) is 0 Å². The summed E-state index contributed by atoms with van der Waals surface area (Å²) in [7, 11) is 0. The maximum atomic E-state index is 12.8. The van der Waals surface area contributed by atoms with Gasteiger partial charge in [0.25, 0.3) is 0 Å². The van der Waals surface area contributed by atoms with Crippen molar-refractivity contribution in [1.29, 1.82) is 0 Å². The molecule has 0 spiro atoms. The molecule has 3 aromatic rings. The average molecular weight is 434 g/mol. The number of ether oxygens (including phenoxy) is 1. The molecule has 1 atom stereocenters. The molecule has 3 aromatic carbocycles. The summed E-state index contributed by atoms with van der Waals surface area (Å²) in [5, 5.41) is 0. The Bertz CT molecular complexity index is 1040. The van der Waals surface area contributed by atoms with Crippen molar-refractivity contribution in [2.45, 2.75) is 38.5 Å². The van der Waals surface area contributed by atoms with Crippen LogP contribution >= 0.6 is 0 Å². The largest absolute Gasteiger partial charge is 0.586 e. The van der Waals surface area contributed by atoms with Gasteiger partial charge in [0.15, 0.2) is 4.90 Å². The molecule has 0 amide bonds. The second kappa shape index (κ2) is 10.9. The Kier molecular flexibility index (Phi) is 8.04. The molecule has 0 saturated heterocycles. The van der Waals surface area contributed by atoms with Gasteiger partial charge >= 0.3 is 5.97 Å². The van der Waals surface area contributed by atoms with Crippen LogP contribution in [0.4, 0.5) is 0 Å². The number of rotatable bonds is 8. The lowest BCUT2D eigenvalue weighted by atomic mass is 9.98. The molecule has 31 heavy (non-hydrogen) atoms. The van der Waals surface area contributed by atoms with Crippen molar-refractivity contribution in [3.05, 3.63) is 101 Å². The zero-order valence-corrected chi connectivity index (χ0v) is 18.9. The monoisotopic (exact) mass is 433 g/mol. The predicted octanol–water partition coefficient (Wildman–Crippen LogP) is 5.36. The zero-order chi connectivity index (χ0) is 22.2. The highest BCUT2D eigenvalue weighted by atomic mass is 32.2.